The van der Waals surface area contributed by atoms with Crippen LogP contribution < -0.4 is 0 Å². The molecular weight excluding hydrogens is 172 g/mol. The molecule has 2 atom stereocenters. The first kappa shape index (κ1) is 13.2. The zero-order valence-electron chi connectivity index (χ0n) is 9.37. The van der Waals surface area contributed by atoms with Crippen molar-refractivity contribution in [3.63, 3.8) is 0 Å². The summed E-state index contributed by atoms with van der Waals surface area (Å²) in [5.41, 5.74) is 3.03. The second-order valence-electron chi connectivity index (χ2n) is 3.67. The van der Waals surface area contributed by atoms with Gasteiger partial charge in [-0.05, 0) is 37.8 Å². The lowest BCUT2D eigenvalue weighted by Gasteiger charge is -2.07. The molecular formula is C13H22O. The monoisotopic (exact) mass is 194 g/mol. The molecule has 1 nitrogen and oxygen atoms in total. The average molecular weight is 194 g/mol. The molecule has 0 amide bonds. The van der Waals surface area contributed by atoms with Crippen molar-refractivity contribution in [1.82, 2.24) is 0 Å². The molecule has 0 aromatic carbocycles. The standard InChI is InChI=1S/C13H22O/c1-4-6-10-13(8-5-2)11-7-9-12(3)14/h5,9,11-14H,2,4,6,8,10H2,1,3H3. The summed E-state index contributed by atoms with van der Waals surface area (Å²) in [4.78, 5) is 0. The Balaban J connectivity index is 4.06. The number of rotatable bonds is 7. The maximum absolute atomic E-state index is 9.01. The van der Waals surface area contributed by atoms with E-state index in [9.17, 15) is 0 Å². The van der Waals surface area contributed by atoms with Crippen molar-refractivity contribution in [3.8, 4) is 0 Å². The normalized spacial score (nSPS) is 13.9. The average Bonchev–Trinajstić information content (AvgIpc) is 2.13. The minimum atomic E-state index is -0.401. The van der Waals surface area contributed by atoms with Crippen molar-refractivity contribution < 1.29 is 5.11 Å². The summed E-state index contributed by atoms with van der Waals surface area (Å²) in [6, 6.07) is 0. The Morgan fingerprint density at radius 2 is 2.14 bits per heavy atom. The van der Waals surface area contributed by atoms with Crippen LogP contribution in [0.2, 0.25) is 0 Å². The van der Waals surface area contributed by atoms with E-state index < -0.39 is 6.10 Å². The molecule has 80 valence electrons. The summed E-state index contributed by atoms with van der Waals surface area (Å²) in [6.45, 7) is 7.67. The first-order valence-corrected chi connectivity index (χ1v) is 5.42. The van der Waals surface area contributed by atoms with Crippen LogP contribution in [-0.4, -0.2) is 11.2 Å². The molecule has 0 spiro atoms. The number of hydrogen-bond acceptors (Lipinski definition) is 1. The van der Waals surface area contributed by atoms with Gasteiger partial charge >= 0.3 is 0 Å². The van der Waals surface area contributed by atoms with Crippen LogP contribution >= 0.6 is 0 Å². The third-order valence-electron chi connectivity index (χ3n) is 2.07. The van der Waals surface area contributed by atoms with Crippen LogP contribution in [0.25, 0.3) is 0 Å². The van der Waals surface area contributed by atoms with Crippen LogP contribution in [-0.2, 0) is 0 Å². The number of unbranched alkanes of at least 4 members (excludes halogenated alkanes) is 1. The summed E-state index contributed by atoms with van der Waals surface area (Å²) in [6.07, 6.45) is 9.92. The molecule has 0 fully saturated rings. The largest absolute Gasteiger partial charge is 0.389 e. The van der Waals surface area contributed by atoms with E-state index >= 15 is 0 Å². The fourth-order valence-electron chi connectivity index (χ4n) is 1.28. The molecule has 2 unspecified atom stereocenters. The summed E-state index contributed by atoms with van der Waals surface area (Å²) in [7, 11) is 0. The minimum Gasteiger partial charge on any atom is -0.389 e. The third kappa shape index (κ3) is 7.85. The minimum absolute atomic E-state index is 0.401. The van der Waals surface area contributed by atoms with E-state index in [-0.39, 0.29) is 0 Å². The molecule has 0 rings (SSSR count). The Morgan fingerprint density at radius 1 is 1.43 bits per heavy atom. The Kier molecular flexibility index (Phi) is 8.31. The van der Waals surface area contributed by atoms with Gasteiger partial charge in [0.2, 0.25) is 0 Å². The van der Waals surface area contributed by atoms with E-state index in [0.717, 1.165) is 6.42 Å². The molecule has 0 aliphatic carbocycles. The second kappa shape index (κ2) is 8.80. The lowest BCUT2D eigenvalue weighted by molar-refractivity contribution is 0.244. The molecule has 0 saturated heterocycles. The smallest absolute Gasteiger partial charge is 0.0766 e. The highest BCUT2D eigenvalue weighted by molar-refractivity contribution is 4.94. The van der Waals surface area contributed by atoms with Crippen LogP contribution in [0.1, 0.15) is 39.5 Å². The van der Waals surface area contributed by atoms with Gasteiger partial charge in [-0.1, -0.05) is 25.8 Å². The number of aliphatic hydroxyl groups excluding tert-OH is 1. The predicted octanol–water partition coefficient (Wildman–Crippen LogP) is 3.46. The lowest BCUT2D eigenvalue weighted by atomic mass is 9.98. The molecule has 0 aromatic heterocycles. The highest BCUT2D eigenvalue weighted by atomic mass is 16.3. The molecule has 0 aliphatic heterocycles. The van der Waals surface area contributed by atoms with Gasteiger partial charge in [0.15, 0.2) is 0 Å². The molecule has 0 heterocycles. The van der Waals surface area contributed by atoms with Gasteiger partial charge in [0, 0.05) is 0 Å². The van der Waals surface area contributed by atoms with Gasteiger partial charge in [-0.2, -0.15) is 0 Å². The Morgan fingerprint density at radius 3 is 2.64 bits per heavy atom. The highest BCUT2D eigenvalue weighted by Crippen LogP contribution is 2.14. The first-order valence-electron chi connectivity index (χ1n) is 5.42. The third-order valence-corrected chi connectivity index (χ3v) is 2.07. The van der Waals surface area contributed by atoms with E-state index in [1.165, 1.54) is 19.3 Å². The molecule has 0 bridgehead atoms. The van der Waals surface area contributed by atoms with Gasteiger partial charge in [0.1, 0.15) is 0 Å². The van der Waals surface area contributed by atoms with Crippen molar-refractivity contribution in [1.29, 1.82) is 0 Å². The second-order valence-corrected chi connectivity index (χ2v) is 3.67. The molecule has 1 heteroatoms. The van der Waals surface area contributed by atoms with Gasteiger partial charge in [0.25, 0.3) is 0 Å². The summed E-state index contributed by atoms with van der Waals surface area (Å²) in [5, 5.41) is 9.01. The zero-order valence-corrected chi connectivity index (χ0v) is 9.37. The van der Waals surface area contributed by atoms with Crippen LogP contribution in [0.15, 0.2) is 30.5 Å². The van der Waals surface area contributed by atoms with Gasteiger partial charge in [0.05, 0.1) is 6.10 Å². The van der Waals surface area contributed by atoms with Gasteiger partial charge in [-0.25, -0.2) is 0 Å². The fraction of sp³-hybridized carbons (Fsp3) is 0.615. The number of hydrogen-bond donors (Lipinski definition) is 1. The molecule has 0 radical (unpaired) electrons. The first-order chi connectivity index (χ1) is 6.70. The number of allylic oxidation sites excluding steroid dienone is 1. The Bertz CT molecular complexity index is 197. The molecule has 0 saturated carbocycles. The van der Waals surface area contributed by atoms with E-state index in [2.05, 4.69) is 19.2 Å². The van der Waals surface area contributed by atoms with E-state index in [1.54, 1.807) is 13.0 Å². The topological polar surface area (TPSA) is 20.2 Å². The van der Waals surface area contributed by atoms with E-state index in [1.807, 2.05) is 12.2 Å². The molecule has 0 aliphatic rings. The summed E-state index contributed by atoms with van der Waals surface area (Å²) >= 11 is 0. The zero-order chi connectivity index (χ0) is 10.8. The van der Waals surface area contributed by atoms with Crippen LogP contribution in [0, 0.1) is 5.92 Å². The van der Waals surface area contributed by atoms with Crippen LogP contribution in [0.4, 0.5) is 0 Å². The maximum Gasteiger partial charge on any atom is 0.0766 e. The fourth-order valence-corrected chi connectivity index (χ4v) is 1.28. The molecule has 0 aromatic rings. The van der Waals surface area contributed by atoms with Crippen molar-refractivity contribution >= 4 is 0 Å². The maximum atomic E-state index is 9.01. The van der Waals surface area contributed by atoms with Crippen LogP contribution in [0.5, 0.6) is 0 Å². The van der Waals surface area contributed by atoms with Crippen molar-refractivity contribution in [2.24, 2.45) is 5.92 Å². The van der Waals surface area contributed by atoms with Crippen molar-refractivity contribution in [2.45, 2.75) is 45.6 Å². The van der Waals surface area contributed by atoms with Gasteiger partial charge in [-0.15, -0.1) is 12.3 Å². The van der Waals surface area contributed by atoms with Crippen molar-refractivity contribution in [2.75, 3.05) is 0 Å². The van der Waals surface area contributed by atoms with Gasteiger partial charge in [-0.3, -0.25) is 0 Å². The van der Waals surface area contributed by atoms with E-state index in [0.29, 0.717) is 5.92 Å². The van der Waals surface area contributed by atoms with Crippen LogP contribution in [0.3, 0.4) is 0 Å². The predicted molar refractivity (Wildman–Crippen MR) is 62.2 cm³/mol. The highest BCUT2D eigenvalue weighted by Gasteiger charge is 2.00. The van der Waals surface area contributed by atoms with Crippen molar-refractivity contribution in [3.05, 3.63) is 30.5 Å². The SMILES string of the molecule is C=CCC(C=C=CC(C)O)CCCC. The lowest BCUT2D eigenvalue weighted by Crippen LogP contribution is -1.94. The Hall–Kier alpha value is -0.780. The van der Waals surface area contributed by atoms with E-state index in [4.69, 9.17) is 5.11 Å². The number of aliphatic hydroxyl groups is 1. The summed E-state index contributed by atoms with van der Waals surface area (Å²) in [5.74, 6) is 0.530. The summed E-state index contributed by atoms with van der Waals surface area (Å²) < 4.78 is 0. The van der Waals surface area contributed by atoms with Gasteiger partial charge < -0.3 is 5.11 Å². The quantitative estimate of drug-likeness (QED) is 0.486. The Labute approximate surface area is 87.8 Å². The molecule has 14 heavy (non-hydrogen) atoms. The molecule has 1 N–H and O–H groups in total.